The van der Waals surface area contributed by atoms with Crippen molar-refractivity contribution in [3.8, 4) is 5.75 Å². The molecule has 152 valence electrons. The Balaban J connectivity index is 1.83. The number of ether oxygens (including phenoxy) is 1. The number of nitrogens with zero attached hydrogens (tertiary/aromatic N) is 1. The Bertz CT molecular complexity index is 748. The molecule has 0 spiro atoms. The number of hydrogen-bond acceptors (Lipinski definition) is 3. The van der Waals surface area contributed by atoms with E-state index < -0.39 is 18.6 Å². The number of alkyl halides is 3. The van der Waals surface area contributed by atoms with Gasteiger partial charge in [0.25, 0.3) is 0 Å². The summed E-state index contributed by atoms with van der Waals surface area (Å²) in [5.41, 5.74) is 3.50. The van der Waals surface area contributed by atoms with Crippen LogP contribution in [-0.4, -0.2) is 37.3 Å². The maximum atomic E-state index is 13.3. The zero-order valence-corrected chi connectivity index (χ0v) is 16.4. The monoisotopic (exact) mass is 392 g/mol. The molecule has 1 heterocycles. The van der Waals surface area contributed by atoms with E-state index in [4.69, 9.17) is 4.74 Å². The average molecular weight is 392 g/mol. The smallest absolute Gasteiger partial charge is 0.390 e. The first-order valence-corrected chi connectivity index (χ1v) is 9.63. The van der Waals surface area contributed by atoms with Gasteiger partial charge in [-0.15, -0.1) is 0 Å². The van der Waals surface area contributed by atoms with Gasteiger partial charge in [-0.25, -0.2) is 0 Å². The van der Waals surface area contributed by atoms with E-state index in [1.54, 1.807) is 0 Å². The molecule has 0 unspecified atom stereocenters. The van der Waals surface area contributed by atoms with Crippen molar-refractivity contribution in [1.29, 1.82) is 0 Å². The molecular formula is C22H27F3N2O. The standard InChI is InChI=1S/C22H27F3N2O/c1-16-12-19(20(14-22(23,24)25)27-10-8-26-9-11-27)13-17(2)21(16)28-15-18-6-4-3-5-7-18/h3-7,12-13,20,26H,8-11,14-15H2,1-2H3/t20-/m1/s1. The summed E-state index contributed by atoms with van der Waals surface area (Å²) < 4.78 is 45.8. The molecule has 1 N–H and O–H groups in total. The maximum Gasteiger partial charge on any atom is 0.390 e. The minimum atomic E-state index is -4.21. The van der Waals surface area contributed by atoms with Crippen LogP contribution in [0.2, 0.25) is 0 Å². The fraction of sp³-hybridized carbons (Fsp3) is 0.455. The van der Waals surface area contributed by atoms with Gasteiger partial charge in [-0.1, -0.05) is 42.5 Å². The topological polar surface area (TPSA) is 24.5 Å². The molecule has 0 aliphatic carbocycles. The van der Waals surface area contributed by atoms with Crippen LogP contribution in [0.15, 0.2) is 42.5 Å². The summed E-state index contributed by atoms with van der Waals surface area (Å²) in [6.07, 6.45) is -5.05. The van der Waals surface area contributed by atoms with Crippen molar-refractivity contribution >= 4 is 0 Å². The molecule has 2 aromatic rings. The molecule has 1 aliphatic heterocycles. The van der Waals surface area contributed by atoms with Crippen molar-refractivity contribution in [2.24, 2.45) is 0 Å². The van der Waals surface area contributed by atoms with Crippen LogP contribution < -0.4 is 10.1 Å². The van der Waals surface area contributed by atoms with E-state index in [1.165, 1.54) is 0 Å². The summed E-state index contributed by atoms with van der Waals surface area (Å²) in [4.78, 5) is 1.93. The second-order valence-electron chi connectivity index (χ2n) is 7.38. The lowest BCUT2D eigenvalue weighted by Crippen LogP contribution is -2.46. The summed E-state index contributed by atoms with van der Waals surface area (Å²) in [6.45, 7) is 6.90. The number of rotatable bonds is 6. The molecule has 1 saturated heterocycles. The van der Waals surface area contributed by atoms with E-state index in [0.29, 0.717) is 38.3 Å². The Labute approximate surface area is 164 Å². The Morgan fingerprint density at radius 3 is 2.21 bits per heavy atom. The van der Waals surface area contributed by atoms with Crippen LogP contribution in [-0.2, 0) is 6.61 Å². The van der Waals surface area contributed by atoms with Gasteiger partial charge >= 0.3 is 6.18 Å². The second-order valence-corrected chi connectivity index (χ2v) is 7.38. The molecule has 1 aliphatic rings. The van der Waals surface area contributed by atoms with Crippen molar-refractivity contribution in [2.75, 3.05) is 26.2 Å². The Morgan fingerprint density at radius 2 is 1.64 bits per heavy atom. The van der Waals surface area contributed by atoms with Crippen molar-refractivity contribution < 1.29 is 17.9 Å². The number of nitrogens with one attached hydrogen (secondary N) is 1. The van der Waals surface area contributed by atoms with Crippen molar-refractivity contribution in [3.63, 3.8) is 0 Å². The first-order valence-electron chi connectivity index (χ1n) is 9.63. The largest absolute Gasteiger partial charge is 0.488 e. The molecule has 6 heteroatoms. The molecule has 3 rings (SSSR count). The third-order valence-corrected chi connectivity index (χ3v) is 5.11. The van der Waals surface area contributed by atoms with Gasteiger partial charge in [-0.05, 0) is 36.1 Å². The summed E-state index contributed by atoms with van der Waals surface area (Å²) in [7, 11) is 0. The average Bonchev–Trinajstić information content (AvgIpc) is 2.66. The predicted octanol–water partition coefficient (Wildman–Crippen LogP) is 4.78. The molecule has 0 amide bonds. The van der Waals surface area contributed by atoms with E-state index in [9.17, 15) is 13.2 Å². The highest BCUT2D eigenvalue weighted by atomic mass is 19.4. The quantitative estimate of drug-likeness (QED) is 0.766. The minimum Gasteiger partial charge on any atom is -0.488 e. The lowest BCUT2D eigenvalue weighted by atomic mass is 9.96. The summed E-state index contributed by atoms with van der Waals surface area (Å²) in [6, 6.07) is 12.9. The van der Waals surface area contributed by atoms with Crippen molar-refractivity contribution in [3.05, 3.63) is 64.7 Å². The van der Waals surface area contributed by atoms with Gasteiger partial charge in [0.1, 0.15) is 12.4 Å². The first-order chi connectivity index (χ1) is 13.3. The first kappa shape index (κ1) is 20.7. The molecule has 0 radical (unpaired) electrons. The SMILES string of the molecule is Cc1cc([C@@H](CC(F)(F)F)N2CCNCC2)cc(C)c1OCc1ccccc1. The van der Waals surface area contributed by atoms with Crippen LogP contribution in [0.5, 0.6) is 5.75 Å². The number of piperazine rings is 1. The fourth-order valence-corrected chi connectivity index (χ4v) is 3.80. The number of hydrogen-bond donors (Lipinski definition) is 1. The highest BCUT2D eigenvalue weighted by Crippen LogP contribution is 2.37. The molecule has 0 aromatic heterocycles. The Kier molecular flexibility index (Phi) is 6.62. The molecule has 3 nitrogen and oxygen atoms in total. The number of halogens is 3. The predicted molar refractivity (Wildman–Crippen MR) is 105 cm³/mol. The van der Waals surface area contributed by atoms with Crippen LogP contribution in [0.3, 0.4) is 0 Å². The van der Waals surface area contributed by atoms with Gasteiger partial charge < -0.3 is 10.1 Å². The molecule has 2 aromatic carbocycles. The lowest BCUT2D eigenvalue weighted by molar-refractivity contribution is -0.148. The highest BCUT2D eigenvalue weighted by Gasteiger charge is 2.36. The normalized spacial score (nSPS) is 16.8. The van der Waals surface area contributed by atoms with E-state index in [2.05, 4.69) is 5.32 Å². The van der Waals surface area contributed by atoms with Crippen molar-refractivity contribution in [1.82, 2.24) is 10.2 Å². The van der Waals surface area contributed by atoms with Crippen LogP contribution in [0.4, 0.5) is 13.2 Å². The van der Waals surface area contributed by atoms with Gasteiger partial charge in [0.05, 0.1) is 6.42 Å². The third-order valence-electron chi connectivity index (χ3n) is 5.11. The molecular weight excluding hydrogens is 365 g/mol. The fourth-order valence-electron chi connectivity index (χ4n) is 3.80. The van der Waals surface area contributed by atoms with Gasteiger partial charge in [0, 0.05) is 32.2 Å². The Morgan fingerprint density at radius 1 is 1.04 bits per heavy atom. The van der Waals surface area contributed by atoms with Crippen LogP contribution in [0, 0.1) is 13.8 Å². The number of benzene rings is 2. The van der Waals surface area contributed by atoms with Crippen LogP contribution >= 0.6 is 0 Å². The van der Waals surface area contributed by atoms with Crippen molar-refractivity contribution in [2.45, 2.75) is 39.1 Å². The highest BCUT2D eigenvalue weighted by molar-refractivity contribution is 5.44. The van der Waals surface area contributed by atoms with E-state index in [1.807, 2.05) is 61.2 Å². The third kappa shape index (κ3) is 5.49. The summed E-state index contributed by atoms with van der Waals surface area (Å²) >= 11 is 0. The van der Waals surface area contributed by atoms with Gasteiger partial charge in [-0.2, -0.15) is 13.2 Å². The van der Waals surface area contributed by atoms with E-state index >= 15 is 0 Å². The summed E-state index contributed by atoms with van der Waals surface area (Å²) in [5, 5.41) is 3.21. The lowest BCUT2D eigenvalue weighted by Gasteiger charge is -2.36. The van der Waals surface area contributed by atoms with E-state index in [-0.39, 0.29) is 0 Å². The maximum absolute atomic E-state index is 13.3. The van der Waals surface area contributed by atoms with E-state index in [0.717, 1.165) is 22.4 Å². The zero-order chi connectivity index (χ0) is 20.1. The zero-order valence-electron chi connectivity index (χ0n) is 16.4. The van der Waals surface area contributed by atoms with Crippen LogP contribution in [0.1, 0.15) is 34.7 Å². The van der Waals surface area contributed by atoms with Crippen LogP contribution in [0.25, 0.3) is 0 Å². The molecule has 1 fully saturated rings. The molecule has 1 atom stereocenters. The molecule has 28 heavy (non-hydrogen) atoms. The molecule has 0 bridgehead atoms. The minimum absolute atomic E-state index is 0.436. The Hall–Kier alpha value is -2.05. The second kappa shape index (κ2) is 8.97. The number of aryl methyl sites for hydroxylation is 2. The van der Waals surface area contributed by atoms with Gasteiger partial charge in [0.15, 0.2) is 0 Å². The van der Waals surface area contributed by atoms with Gasteiger partial charge in [-0.3, -0.25) is 4.90 Å². The van der Waals surface area contributed by atoms with Gasteiger partial charge in [0.2, 0.25) is 0 Å². The molecule has 0 saturated carbocycles. The summed E-state index contributed by atoms with van der Waals surface area (Å²) in [5.74, 6) is 0.749.